The van der Waals surface area contributed by atoms with Gasteiger partial charge in [0, 0.05) is 0 Å². The van der Waals surface area contributed by atoms with Crippen LogP contribution < -0.4 is 10.2 Å². The highest BCUT2D eigenvalue weighted by Gasteiger charge is 2.26. The van der Waals surface area contributed by atoms with Crippen LogP contribution in [0.25, 0.3) is 0 Å². The molecule has 1 saturated heterocycles. The smallest absolute Gasteiger partial charge is 0.283 e. The van der Waals surface area contributed by atoms with Crippen LogP contribution in [0.5, 0.6) is 0 Å². The maximum Gasteiger partial charge on any atom is 0.283 e. The molecule has 2 N–H and O–H groups in total. The Kier molecular flexibility index (Phi) is 5.57. The van der Waals surface area contributed by atoms with Gasteiger partial charge in [0.1, 0.15) is 11.1 Å². The van der Waals surface area contributed by atoms with E-state index in [4.69, 9.17) is 5.26 Å². The second-order valence-electron chi connectivity index (χ2n) is 5.41. The second kappa shape index (κ2) is 7.41. The van der Waals surface area contributed by atoms with E-state index >= 15 is 0 Å². The average molecular weight is 292 g/mol. The molecule has 0 aromatic carbocycles. The van der Waals surface area contributed by atoms with Gasteiger partial charge in [0.15, 0.2) is 6.04 Å². The fraction of sp³-hybridized carbons (Fsp3) is 0.600. The van der Waals surface area contributed by atoms with Crippen molar-refractivity contribution < 1.29 is 9.69 Å². The van der Waals surface area contributed by atoms with Gasteiger partial charge in [0.25, 0.3) is 5.91 Å². The van der Waals surface area contributed by atoms with Gasteiger partial charge < -0.3 is 10.2 Å². The molecule has 0 bridgehead atoms. The first-order chi connectivity index (χ1) is 9.72. The second-order valence-corrected chi connectivity index (χ2v) is 6.33. The van der Waals surface area contributed by atoms with Crippen LogP contribution in [0.15, 0.2) is 11.4 Å². The number of rotatable bonds is 3. The standard InChI is InChI=1S/C15H21N3OS/c1-12(18-8-5-3-2-4-6-9-18)14(19)17-15-13(11-16)7-10-20-15/h7,10,12H,2-6,8-9H2,1H3,(H,17,19)/p+1/t12-/m1/s1. The summed E-state index contributed by atoms with van der Waals surface area (Å²) in [6, 6.07) is 3.80. The summed E-state index contributed by atoms with van der Waals surface area (Å²) in [5, 5.41) is 14.4. The van der Waals surface area contributed by atoms with Crippen LogP contribution in [-0.2, 0) is 4.79 Å². The average Bonchev–Trinajstić information content (AvgIpc) is 2.85. The molecule has 0 unspecified atom stereocenters. The van der Waals surface area contributed by atoms with E-state index in [1.807, 2.05) is 12.3 Å². The zero-order valence-corrected chi connectivity index (χ0v) is 12.8. The normalized spacial score (nSPS) is 18.6. The molecule has 4 nitrogen and oxygen atoms in total. The molecule has 1 aliphatic heterocycles. The van der Waals surface area contributed by atoms with Gasteiger partial charge in [0.2, 0.25) is 0 Å². The molecule has 5 heteroatoms. The number of nitrogens with one attached hydrogen (secondary N) is 2. The van der Waals surface area contributed by atoms with Crippen molar-refractivity contribution >= 4 is 22.2 Å². The first kappa shape index (κ1) is 15.0. The van der Waals surface area contributed by atoms with Gasteiger partial charge in [0.05, 0.1) is 18.7 Å². The monoisotopic (exact) mass is 292 g/mol. The Balaban J connectivity index is 1.95. The summed E-state index contributed by atoms with van der Waals surface area (Å²) in [5.41, 5.74) is 0.554. The van der Waals surface area contributed by atoms with Crippen molar-refractivity contribution in [2.24, 2.45) is 0 Å². The summed E-state index contributed by atoms with van der Waals surface area (Å²) in [7, 11) is 0. The fourth-order valence-electron chi connectivity index (χ4n) is 2.69. The third-order valence-corrected chi connectivity index (χ3v) is 4.85. The largest absolute Gasteiger partial charge is 0.325 e. The van der Waals surface area contributed by atoms with E-state index in [0.717, 1.165) is 13.1 Å². The first-order valence-electron chi connectivity index (χ1n) is 7.35. The Morgan fingerprint density at radius 3 is 2.65 bits per heavy atom. The highest BCUT2D eigenvalue weighted by atomic mass is 32.1. The highest BCUT2D eigenvalue weighted by molar-refractivity contribution is 7.14. The van der Waals surface area contributed by atoms with Crippen LogP contribution in [0.2, 0.25) is 0 Å². The van der Waals surface area contributed by atoms with Gasteiger partial charge in [-0.25, -0.2) is 0 Å². The number of nitrogens with zero attached hydrogens (tertiary/aromatic N) is 1. The van der Waals surface area contributed by atoms with E-state index in [2.05, 4.69) is 11.4 Å². The van der Waals surface area contributed by atoms with E-state index in [0.29, 0.717) is 10.6 Å². The van der Waals surface area contributed by atoms with Crippen LogP contribution in [0, 0.1) is 11.3 Å². The number of carbonyl (C=O) groups excluding carboxylic acids is 1. The lowest BCUT2D eigenvalue weighted by Crippen LogP contribution is -3.16. The minimum absolute atomic E-state index is 0.0273. The predicted molar refractivity (Wildman–Crippen MR) is 80.9 cm³/mol. The molecular weight excluding hydrogens is 270 g/mol. The minimum atomic E-state index is -0.0539. The number of amides is 1. The van der Waals surface area contributed by atoms with Gasteiger partial charge in [-0.3, -0.25) is 4.79 Å². The zero-order chi connectivity index (χ0) is 14.4. The lowest BCUT2D eigenvalue weighted by atomic mass is 10.1. The summed E-state index contributed by atoms with van der Waals surface area (Å²) >= 11 is 1.41. The van der Waals surface area contributed by atoms with E-state index < -0.39 is 0 Å². The van der Waals surface area contributed by atoms with Gasteiger partial charge in [-0.1, -0.05) is 6.42 Å². The first-order valence-corrected chi connectivity index (χ1v) is 8.23. The number of likely N-dealkylation sites (tertiary alicyclic amines) is 1. The molecule has 1 aromatic rings. The van der Waals surface area contributed by atoms with Gasteiger partial charge in [-0.2, -0.15) is 5.26 Å². The molecule has 2 heterocycles. The van der Waals surface area contributed by atoms with Gasteiger partial charge in [-0.15, -0.1) is 11.3 Å². The number of thiophene rings is 1. The molecule has 0 aliphatic carbocycles. The van der Waals surface area contributed by atoms with Crippen molar-refractivity contribution in [2.75, 3.05) is 18.4 Å². The zero-order valence-electron chi connectivity index (χ0n) is 11.9. The topological polar surface area (TPSA) is 57.3 Å². The van der Waals surface area contributed by atoms with Gasteiger partial charge in [-0.05, 0) is 44.1 Å². The van der Waals surface area contributed by atoms with E-state index in [-0.39, 0.29) is 11.9 Å². The number of hydrogen-bond donors (Lipinski definition) is 2. The molecule has 1 fully saturated rings. The Labute approximate surface area is 124 Å². The molecule has 0 radical (unpaired) electrons. The highest BCUT2D eigenvalue weighted by Crippen LogP contribution is 2.22. The van der Waals surface area contributed by atoms with Crippen LogP contribution in [0.1, 0.15) is 44.6 Å². The summed E-state index contributed by atoms with van der Waals surface area (Å²) in [6.45, 7) is 4.14. The Hall–Kier alpha value is -1.38. The molecule has 2 rings (SSSR count). The quantitative estimate of drug-likeness (QED) is 0.892. The van der Waals surface area contributed by atoms with Crippen molar-refractivity contribution in [3.8, 4) is 6.07 Å². The van der Waals surface area contributed by atoms with Crippen molar-refractivity contribution in [1.29, 1.82) is 5.26 Å². The maximum absolute atomic E-state index is 12.3. The van der Waals surface area contributed by atoms with E-state index in [9.17, 15) is 4.79 Å². The minimum Gasteiger partial charge on any atom is -0.325 e. The van der Waals surface area contributed by atoms with Crippen LogP contribution in [0.3, 0.4) is 0 Å². The summed E-state index contributed by atoms with van der Waals surface area (Å²) < 4.78 is 0. The molecule has 1 aromatic heterocycles. The molecule has 1 atom stereocenters. The number of anilines is 1. The summed E-state index contributed by atoms with van der Waals surface area (Å²) in [4.78, 5) is 13.7. The van der Waals surface area contributed by atoms with E-state index in [1.54, 1.807) is 6.07 Å². The third kappa shape index (κ3) is 3.81. The fourth-order valence-corrected chi connectivity index (χ4v) is 3.43. The third-order valence-electron chi connectivity index (χ3n) is 4.02. The number of nitriles is 1. The lowest BCUT2D eigenvalue weighted by Gasteiger charge is -2.26. The van der Waals surface area contributed by atoms with Crippen molar-refractivity contribution in [3.05, 3.63) is 17.0 Å². The Morgan fingerprint density at radius 2 is 2.00 bits per heavy atom. The molecule has 0 saturated carbocycles. The molecule has 108 valence electrons. The van der Waals surface area contributed by atoms with Crippen molar-refractivity contribution in [1.82, 2.24) is 0 Å². The summed E-state index contributed by atoms with van der Waals surface area (Å²) in [6.07, 6.45) is 6.29. The maximum atomic E-state index is 12.3. The van der Waals surface area contributed by atoms with Crippen LogP contribution in [-0.4, -0.2) is 25.0 Å². The van der Waals surface area contributed by atoms with Crippen LogP contribution in [0.4, 0.5) is 5.00 Å². The number of quaternary nitrogens is 1. The lowest BCUT2D eigenvalue weighted by molar-refractivity contribution is -0.914. The van der Waals surface area contributed by atoms with Gasteiger partial charge >= 0.3 is 0 Å². The number of hydrogen-bond acceptors (Lipinski definition) is 3. The Morgan fingerprint density at radius 1 is 1.35 bits per heavy atom. The molecule has 1 aliphatic rings. The SMILES string of the molecule is C[C@H](C(=O)Nc1sccc1C#N)[NH+]1CCCCCCC1. The molecule has 1 amide bonds. The van der Waals surface area contributed by atoms with E-state index in [1.165, 1.54) is 48.3 Å². The summed E-state index contributed by atoms with van der Waals surface area (Å²) in [5.74, 6) is 0.0273. The molecule has 20 heavy (non-hydrogen) atoms. The Bertz CT molecular complexity index is 484. The molecular formula is C15H22N3OS+. The number of carbonyl (C=O) groups is 1. The van der Waals surface area contributed by atoms with Crippen LogP contribution >= 0.6 is 11.3 Å². The van der Waals surface area contributed by atoms with Crippen molar-refractivity contribution in [3.63, 3.8) is 0 Å². The predicted octanol–water partition coefficient (Wildman–Crippen LogP) is 1.80. The molecule has 0 spiro atoms. The van der Waals surface area contributed by atoms with Crippen molar-refractivity contribution in [2.45, 2.75) is 45.1 Å².